The van der Waals surface area contributed by atoms with Crippen molar-refractivity contribution in [3.05, 3.63) is 51.2 Å². The van der Waals surface area contributed by atoms with Gasteiger partial charge in [0.05, 0.1) is 34.1 Å². The van der Waals surface area contributed by atoms with E-state index in [-0.39, 0.29) is 5.56 Å². The summed E-state index contributed by atoms with van der Waals surface area (Å²) in [6, 6.07) is 6.75. The summed E-state index contributed by atoms with van der Waals surface area (Å²) in [5.41, 5.74) is 3.86. The van der Waals surface area contributed by atoms with E-state index >= 15 is 0 Å². The molecule has 0 aliphatic heterocycles. The van der Waals surface area contributed by atoms with Crippen LogP contribution in [0.2, 0.25) is 0 Å². The fourth-order valence-electron chi connectivity index (χ4n) is 2.43. The molecule has 0 spiro atoms. The molecule has 1 atom stereocenters. The summed E-state index contributed by atoms with van der Waals surface area (Å²) in [6.45, 7) is 5.00. The first kappa shape index (κ1) is 18.6. The van der Waals surface area contributed by atoms with Crippen LogP contribution >= 0.6 is 11.3 Å². The number of ketones is 1. The number of benzene rings is 1. The topological polar surface area (TPSA) is 106 Å². The summed E-state index contributed by atoms with van der Waals surface area (Å²) in [4.78, 5) is 37.5. The van der Waals surface area contributed by atoms with Gasteiger partial charge < -0.3 is 4.74 Å². The van der Waals surface area contributed by atoms with Crippen molar-refractivity contribution in [2.45, 2.75) is 26.7 Å². The molecule has 0 amide bonds. The fourth-order valence-corrected chi connectivity index (χ4v) is 3.29. The highest BCUT2D eigenvalue weighted by Crippen LogP contribution is 2.21. The summed E-state index contributed by atoms with van der Waals surface area (Å²) < 4.78 is 5.09. The highest BCUT2D eigenvalue weighted by atomic mass is 32.1. The number of carbonyl (C=O) groups excluding carboxylic acids is 2. The van der Waals surface area contributed by atoms with Crippen LogP contribution in [0, 0.1) is 32.1 Å². The third-order valence-corrected chi connectivity index (χ3v) is 5.02. The Hall–Kier alpha value is -3.18. The van der Waals surface area contributed by atoms with Crippen LogP contribution in [0.4, 0.5) is 0 Å². The predicted octanol–water partition coefficient (Wildman–Crippen LogP) is 3.04. The molecule has 3 aromatic rings. The minimum atomic E-state index is -1.04. The van der Waals surface area contributed by atoms with Gasteiger partial charge in [0, 0.05) is 11.1 Å². The molecule has 0 aliphatic carbocycles. The zero-order chi connectivity index (χ0) is 19.6. The Morgan fingerprint density at radius 2 is 1.85 bits per heavy atom. The summed E-state index contributed by atoms with van der Waals surface area (Å²) in [7, 11) is 0. The number of nitriles is 1. The number of Topliss-reactive ketones (excluding diaryl/α,β-unsaturated/α-hetero) is 1. The number of aryl methyl sites for hydroxylation is 3. The number of ether oxygens (including phenoxy) is 1. The Morgan fingerprint density at radius 1 is 1.15 bits per heavy atom. The number of aromatic nitrogens is 3. The maximum absolute atomic E-state index is 12.3. The number of carbonyl (C=O) groups is 2. The molecule has 0 saturated carbocycles. The van der Waals surface area contributed by atoms with Gasteiger partial charge >= 0.3 is 5.97 Å². The van der Waals surface area contributed by atoms with Crippen molar-refractivity contribution in [2.24, 2.45) is 0 Å². The average molecular weight is 380 g/mol. The molecule has 27 heavy (non-hydrogen) atoms. The molecule has 136 valence electrons. The first-order chi connectivity index (χ1) is 12.9. The monoisotopic (exact) mass is 380 g/mol. The maximum atomic E-state index is 12.3. The Kier molecular flexibility index (Phi) is 5.23. The average Bonchev–Trinajstić information content (AvgIpc) is 3.07. The summed E-state index contributed by atoms with van der Waals surface area (Å²) in [5.74, 6) is -2.20. The third-order valence-electron chi connectivity index (χ3n) is 3.99. The van der Waals surface area contributed by atoms with Crippen molar-refractivity contribution in [2.75, 3.05) is 6.61 Å². The standard InChI is InChI=1S/C19H16N4O3S/c1-10-9-27-18(21-10)14(7-20)17(24)8-26-19(25)13-4-5-15-16(6-13)23-12(3)11(2)22-15/h4-6,9,14H,8H2,1-3H3/t14-/m0/s1. The SMILES string of the molecule is Cc1csc([C@@H](C#N)C(=O)COC(=O)c2ccc3nc(C)c(C)nc3c2)n1. The number of nitrogens with zero attached hydrogens (tertiary/aromatic N) is 4. The van der Waals surface area contributed by atoms with Crippen molar-refractivity contribution >= 4 is 34.1 Å². The molecule has 0 fully saturated rings. The molecule has 2 heterocycles. The summed E-state index contributed by atoms with van der Waals surface area (Å²) in [5, 5.41) is 11.4. The van der Waals surface area contributed by atoms with Crippen LogP contribution in [0.3, 0.4) is 0 Å². The van der Waals surface area contributed by atoms with E-state index in [9.17, 15) is 14.9 Å². The quantitative estimate of drug-likeness (QED) is 0.626. The number of esters is 1. The Balaban J connectivity index is 1.71. The van der Waals surface area contributed by atoms with Gasteiger partial charge in [-0.05, 0) is 39.0 Å². The van der Waals surface area contributed by atoms with Gasteiger partial charge in [0.25, 0.3) is 0 Å². The maximum Gasteiger partial charge on any atom is 0.338 e. The van der Waals surface area contributed by atoms with Crippen molar-refractivity contribution in [3.63, 3.8) is 0 Å². The van der Waals surface area contributed by atoms with E-state index in [4.69, 9.17) is 4.74 Å². The lowest BCUT2D eigenvalue weighted by atomic mass is 10.1. The highest BCUT2D eigenvalue weighted by Gasteiger charge is 2.24. The van der Waals surface area contributed by atoms with Gasteiger partial charge in [0.15, 0.2) is 18.3 Å². The van der Waals surface area contributed by atoms with Crippen molar-refractivity contribution in [1.29, 1.82) is 5.26 Å². The fraction of sp³-hybridized carbons (Fsp3) is 0.263. The second kappa shape index (κ2) is 7.60. The Bertz CT molecular complexity index is 1080. The molecule has 0 aliphatic rings. The van der Waals surface area contributed by atoms with Crippen LogP contribution in [-0.2, 0) is 9.53 Å². The zero-order valence-corrected chi connectivity index (χ0v) is 15.8. The zero-order valence-electron chi connectivity index (χ0n) is 15.0. The lowest BCUT2D eigenvalue weighted by Crippen LogP contribution is -2.20. The van der Waals surface area contributed by atoms with Gasteiger partial charge in [-0.2, -0.15) is 5.26 Å². The van der Waals surface area contributed by atoms with E-state index in [1.165, 1.54) is 11.3 Å². The molecule has 8 heteroatoms. The smallest absolute Gasteiger partial charge is 0.338 e. The Labute approximate surface area is 159 Å². The second-order valence-electron chi connectivity index (χ2n) is 6.03. The normalized spacial score (nSPS) is 11.8. The molecule has 0 saturated heterocycles. The number of rotatable bonds is 5. The largest absolute Gasteiger partial charge is 0.454 e. The number of hydrogen-bond donors (Lipinski definition) is 0. The van der Waals surface area contributed by atoms with Crippen LogP contribution in [-0.4, -0.2) is 33.3 Å². The van der Waals surface area contributed by atoms with Gasteiger partial charge in [-0.15, -0.1) is 11.3 Å². The molecule has 0 bridgehead atoms. The van der Waals surface area contributed by atoms with E-state index in [1.807, 2.05) is 19.9 Å². The minimum absolute atomic E-state index is 0.270. The van der Waals surface area contributed by atoms with Crippen molar-refractivity contribution < 1.29 is 14.3 Å². The molecular weight excluding hydrogens is 364 g/mol. The molecule has 2 aromatic heterocycles. The van der Waals surface area contributed by atoms with Crippen molar-refractivity contribution in [3.8, 4) is 6.07 Å². The molecule has 3 rings (SSSR count). The van der Waals surface area contributed by atoms with E-state index in [1.54, 1.807) is 30.5 Å². The van der Waals surface area contributed by atoms with Gasteiger partial charge in [-0.1, -0.05) is 0 Å². The van der Waals surface area contributed by atoms with Crippen LogP contribution in [0.25, 0.3) is 11.0 Å². The first-order valence-corrected chi connectivity index (χ1v) is 9.03. The molecule has 0 unspecified atom stereocenters. The summed E-state index contributed by atoms with van der Waals surface area (Å²) >= 11 is 1.23. The number of hydrogen-bond acceptors (Lipinski definition) is 8. The van der Waals surface area contributed by atoms with E-state index in [2.05, 4.69) is 15.0 Å². The lowest BCUT2D eigenvalue weighted by Gasteiger charge is -2.08. The second-order valence-corrected chi connectivity index (χ2v) is 6.92. The van der Waals surface area contributed by atoms with Gasteiger partial charge in [-0.25, -0.2) is 19.7 Å². The van der Waals surface area contributed by atoms with Crippen molar-refractivity contribution in [1.82, 2.24) is 15.0 Å². The predicted molar refractivity (Wildman–Crippen MR) is 99.5 cm³/mol. The highest BCUT2D eigenvalue weighted by molar-refractivity contribution is 7.09. The molecule has 7 nitrogen and oxygen atoms in total. The Morgan fingerprint density at radius 3 is 2.48 bits per heavy atom. The van der Waals surface area contributed by atoms with E-state index in [0.717, 1.165) is 17.1 Å². The minimum Gasteiger partial charge on any atom is -0.454 e. The molecule has 1 aromatic carbocycles. The first-order valence-electron chi connectivity index (χ1n) is 8.15. The molecular formula is C19H16N4O3S. The van der Waals surface area contributed by atoms with Gasteiger partial charge in [0.2, 0.25) is 0 Å². The van der Waals surface area contributed by atoms with E-state index < -0.39 is 24.3 Å². The van der Waals surface area contributed by atoms with Crippen LogP contribution < -0.4 is 0 Å². The van der Waals surface area contributed by atoms with Crippen LogP contribution in [0.15, 0.2) is 23.6 Å². The summed E-state index contributed by atoms with van der Waals surface area (Å²) in [6.07, 6.45) is 0. The lowest BCUT2D eigenvalue weighted by molar-refractivity contribution is -0.122. The van der Waals surface area contributed by atoms with Gasteiger partial charge in [-0.3, -0.25) is 4.79 Å². The number of thiazole rings is 1. The number of fused-ring (bicyclic) bond motifs is 1. The third kappa shape index (κ3) is 3.99. The molecule has 0 radical (unpaired) electrons. The van der Waals surface area contributed by atoms with Crippen LogP contribution in [0.1, 0.15) is 38.4 Å². The molecule has 0 N–H and O–H groups in total. The van der Waals surface area contributed by atoms with Crippen LogP contribution in [0.5, 0.6) is 0 Å². The van der Waals surface area contributed by atoms with Gasteiger partial charge in [0.1, 0.15) is 5.01 Å². The van der Waals surface area contributed by atoms with E-state index in [0.29, 0.717) is 16.0 Å².